The molecular formula is C30H29NS. The molecule has 0 atom stereocenters. The van der Waals surface area contributed by atoms with Crippen molar-refractivity contribution in [3.63, 3.8) is 0 Å². The van der Waals surface area contributed by atoms with Gasteiger partial charge in [0, 0.05) is 31.9 Å². The van der Waals surface area contributed by atoms with E-state index in [9.17, 15) is 0 Å². The molecule has 160 valence electrons. The second kappa shape index (κ2) is 7.56. The van der Waals surface area contributed by atoms with Crippen LogP contribution in [0.4, 0.5) is 0 Å². The Labute approximate surface area is 194 Å². The number of fused-ring (bicyclic) bond motifs is 3. The third kappa shape index (κ3) is 3.43. The summed E-state index contributed by atoms with van der Waals surface area (Å²) in [7, 11) is 0. The fraction of sp³-hybridized carbons (Fsp3) is 0.233. The van der Waals surface area contributed by atoms with Gasteiger partial charge >= 0.3 is 0 Å². The normalized spacial score (nSPS) is 12.1. The zero-order valence-electron chi connectivity index (χ0n) is 19.7. The number of pyridine rings is 1. The van der Waals surface area contributed by atoms with E-state index in [4.69, 9.17) is 4.98 Å². The molecule has 0 spiro atoms. The van der Waals surface area contributed by atoms with Gasteiger partial charge in [-0.05, 0) is 77.8 Å². The van der Waals surface area contributed by atoms with Crippen LogP contribution < -0.4 is 0 Å². The summed E-state index contributed by atoms with van der Waals surface area (Å²) in [5, 5.41) is 2.70. The molecule has 5 rings (SSSR count). The molecule has 0 aliphatic heterocycles. The van der Waals surface area contributed by atoms with Gasteiger partial charge in [0.1, 0.15) is 0 Å². The first-order chi connectivity index (χ1) is 15.2. The van der Waals surface area contributed by atoms with Crippen LogP contribution in [0.3, 0.4) is 0 Å². The van der Waals surface area contributed by atoms with Gasteiger partial charge in [-0.1, -0.05) is 63.2 Å². The molecule has 0 radical (unpaired) electrons. The molecule has 1 nitrogen and oxygen atoms in total. The minimum Gasteiger partial charge on any atom is -0.256 e. The van der Waals surface area contributed by atoms with Crippen molar-refractivity contribution in [2.24, 2.45) is 0 Å². The quantitative estimate of drug-likeness (QED) is 0.269. The van der Waals surface area contributed by atoms with Gasteiger partial charge in [0.15, 0.2) is 0 Å². The molecule has 32 heavy (non-hydrogen) atoms. The van der Waals surface area contributed by atoms with Crippen molar-refractivity contribution in [1.29, 1.82) is 0 Å². The number of rotatable bonds is 2. The van der Waals surface area contributed by atoms with Gasteiger partial charge < -0.3 is 0 Å². The van der Waals surface area contributed by atoms with Crippen molar-refractivity contribution in [3.8, 4) is 22.4 Å². The summed E-state index contributed by atoms with van der Waals surface area (Å²) in [6.45, 7) is 13.4. The molecule has 5 aromatic rings. The molecule has 0 amide bonds. The van der Waals surface area contributed by atoms with Gasteiger partial charge in [-0.2, -0.15) is 0 Å². The van der Waals surface area contributed by atoms with E-state index in [-0.39, 0.29) is 5.41 Å². The summed E-state index contributed by atoms with van der Waals surface area (Å²) in [5.41, 5.74) is 10.3. The van der Waals surface area contributed by atoms with Gasteiger partial charge in [0.2, 0.25) is 0 Å². The Morgan fingerprint density at radius 3 is 2.25 bits per heavy atom. The molecule has 0 fully saturated rings. The van der Waals surface area contributed by atoms with E-state index in [0.717, 1.165) is 5.69 Å². The number of thiophene rings is 1. The first-order valence-corrected chi connectivity index (χ1v) is 12.0. The van der Waals surface area contributed by atoms with E-state index in [1.165, 1.54) is 59.1 Å². The van der Waals surface area contributed by atoms with Crippen molar-refractivity contribution in [1.82, 2.24) is 4.98 Å². The molecule has 0 N–H and O–H groups in total. The molecule has 2 aromatic heterocycles. The topological polar surface area (TPSA) is 12.9 Å². The lowest BCUT2D eigenvalue weighted by atomic mass is 9.87. The minimum atomic E-state index is 0.0992. The lowest BCUT2D eigenvalue weighted by molar-refractivity contribution is 0.589. The van der Waals surface area contributed by atoms with E-state index in [2.05, 4.69) is 102 Å². The maximum atomic E-state index is 4.77. The largest absolute Gasteiger partial charge is 0.256 e. The summed E-state index contributed by atoms with van der Waals surface area (Å²) in [5.74, 6) is 0. The number of nitrogens with zero attached hydrogens (tertiary/aromatic N) is 1. The monoisotopic (exact) mass is 435 g/mol. The maximum Gasteiger partial charge on any atom is 0.0719 e. The number of hydrogen-bond donors (Lipinski definition) is 0. The lowest BCUT2D eigenvalue weighted by Crippen LogP contribution is -2.11. The Morgan fingerprint density at radius 2 is 1.53 bits per heavy atom. The Kier molecular flexibility index (Phi) is 4.94. The molecule has 0 saturated carbocycles. The average molecular weight is 436 g/mol. The van der Waals surface area contributed by atoms with Gasteiger partial charge in [0.25, 0.3) is 0 Å². The number of aromatic nitrogens is 1. The Hall–Kier alpha value is -2.97. The van der Waals surface area contributed by atoms with E-state index in [1.807, 2.05) is 17.5 Å². The lowest BCUT2D eigenvalue weighted by Gasteiger charge is -2.19. The van der Waals surface area contributed by atoms with Crippen molar-refractivity contribution >= 4 is 31.5 Å². The second-order valence-electron chi connectivity index (χ2n) is 9.89. The van der Waals surface area contributed by atoms with Crippen LogP contribution >= 0.6 is 11.3 Å². The van der Waals surface area contributed by atoms with Gasteiger partial charge in [-0.25, -0.2) is 0 Å². The Balaban J connectivity index is 1.75. The summed E-state index contributed by atoms with van der Waals surface area (Å²) >= 11 is 1.89. The molecule has 2 heterocycles. The minimum absolute atomic E-state index is 0.0992. The average Bonchev–Trinajstić information content (AvgIpc) is 3.13. The molecule has 0 aliphatic rings. The molecule has 0 saturated heterocycles. The molecule has 3 aromatic carbocycles. The predicted octanol–water partition coefficient (Wildman–Crippen LogP) is 9.01. The van der Waals surface area contributed by atoms with Crippen LogP contribution in [-0.4, -0.2) is 4.98 Å². The van der Waals surface area contributed by atoms with Crippen LogP contribution in [0.5, 0.6) is 0 Å². The molecular weight excluding hydrogens is 406 g/mol. The highest BCUT2D eigenvalue weighted by molar-refractivity contribution is 7.26. The molecule has 2 heteroatoms. The summed E-state index contributed by atoms with van der Waals surface area (Å²) < 4.78 is 2.67. The van der Waals surface area contributed by atoms with Crippen LogP contribution in [0.15, 0.2) is 66.9 Å². The Morgan fingerprint density at radius 1 is 0.781 bits per heavy atom. The smallest absolute Gasteiger partial charge is 0.0719 e. The SMILES string of the molecule is Cc1cccc(C)c1-c1ccc2c(c1)sc1c(-c3cc(C(C)(C)C)ccn3)ccc(C)c12. The maximum absolute atomic E-state index is 4.77. The van der Waals surface area contributed by atoms with Crippen molar-refractivity contribution in [2.45, 2.75) is 47.0 Å². The highest BCUT2D eigenvalue weighted by atomic mass is 32.1. The molecule has 0 aliphatic carbocycles. The summed E-state index contributed by atoms with van der Waals surface area (Å²) in [4.78, 5) is 4.77. The van der Waals surface area contributed by atoms with Crippen molar-refractivity contribution in [3.05, 3.63) is 89.1 Å². The summed E-state index contributed by atoms with van der Waals surface area (Å²) in [6, 6.07) is 22.4. The first kappa shape index (κ1) is 20.9. The molecule has 0 unspecified atom stereocenters. The van der Waals surface area contributed by atoms with E-state index >= 15 is 0 Å². The highest BCUT2D eigenvalue weighted by Crippen LogP contribution is 2.43. The van der Waals surface area contributed by atoms with Crippen molar-refractivity contribution in [2.75, 3.05) is 0 Å². The highest BCUT2D eigenvalue weighted by Gasteiger charge is 2.18. The zero-order valence-corrected chi connectivity index (χ0v) is 20.5. The van der Waals surface area contributed by atoms with Gasteiger partial charge in [-0.3, -0.25) is 4.98 Å². The Bertz CT molecular complexity index is 1460. The first-order valence-electron chi connectivity index (χ1n) is 11.2. The van der Waals surface area contributed by atoms with E-state index < -0.39 is 0 Å². The third-order valence-electron chi connectivity index (χ3n) is 6.50. The number of hydrogen-bond acceptors (Lipinski definition) is 2. The van der Waals surface area contributed by atoms with Crippen LogP contribution in [0.2, 0.25) is 0 Å². The van der Waals surface area contributed by atoms with Crippen LogP contribution in [0.1, 0.15) is 43.0 Å². The standard InChI is InChI=1S/C30H29NS/c1-18-8-7-9-19(2)27(18)21-11-13-24-26(16-21)32-29-23(12-10-20(3)28(24)29)25-17-22(14-15-31-25)30(4,5)6/h7-17H,1-6H3. The zero-order chi connectivity index (χ0) is 22.6. The van der Waals surface area contributed by atoms with Gasteiger partial charge in [-0.15, -0.1) is 11.3 Å². The van der Waals surface area contributed by atoms with Gasteiger partial charge in [0.05, 0.1) is 5.69 Å². The number of aryl methyl sites for hydroxylation is 3. The molecule has 0 bridgehead atoms. The van der Waals surface area contributed by atoms with Crippen molar-refractivity contribution < 1.29 is 0 Å². The predicted molar refractivity (Wildman–Crippen MR) is 141 cm³/mol. The summed E-state index contributed by atoms with van der Waals surface area (Å²) in [6.07, 6.45) is 1.95. The van der Waals surface area contributed by atoms with Crippen LogP contribution in [0, 0.1) is 20.8 Å². The van der Waals surface area contributed by atoms with Crippen LogP contribution in [-0.2, 0) is 5.41 Å². The fourth-order valence-corrected chi connectivity index (χ4v) is 6.06. The van der Waals surface area contributed by atoms with E-state index in [0.29, 0.717) is 0 Å². The van der Waals surface area contributed by atoms with E-state index in [1.54, 1.807) is 0 Å². The fourth-order valence-electron chi connectivity index (χ4n) is 4.72. The number of benzene rings is 3. The van der Waals surface area contributed by atoms with Crippen LogP contribution in [0.25, 0.3) is 42.6 Å². The third-order valence-corrected chi connectivity index (χ3v) is 7.69. The second-order valence-corrected chi connectivity index (χ2v) is 10.9.